The van der Waals surface area contributed by atoms with E-state index < -0.39 is 38.9 Å². The second kappa shape index (κ2) is 9.78. The van der Waals surface area contributed by atoms with Crippen molar-refractivity contribution in [2.24, 2.45) is 0 Å². The molecule has 0 saturated heterocycles. The Bertz CT molecular complexity index is 1690. The zero-order valence-corrected chi connectivity index (χ0v) is 20.5. The van der Waals surface area contributed by atoms with E-state index in [1.54, 1.807) is 0 Å². The van der Waals surface area contributed by atoms with Gasteiger partial charge in [-0.05, 0) is 25.1 Å². The fraction of sp³-hybridized carbons (Fsp3) is 0.227. The summed E-state index contributed by atoms with van der Waals surface area (Å²) in [5, 5.41) is 9.68. The van der Waals surface area contributed by atoms with Crippen molar-refractivity contribution >= 4 is 21.1 Å². The van der Waals surface area contributed by atoms with Crippen LogP contribution in [0.1, 0.15) is 18.1 Å². The molecule has 0 unspecified atom stereocenters. The molecule has 0 aromatic carbocycles. The first-order valence-electron chi connectivity index (χ1n) is 10.6. The minimum atomic E-state index is -4.85. The normalized spacial score (nSPS) is 13.3. The molecule has 0 aliphatic rings. The van der Waals surface area contributed by atoms with Gasteiger partial charge in [0.2, 0.25) is 21.9 Å². The third-order valence-electron chi connectivity index (χ3n) is 5.39. The van der Waals surface area contributed by atoms with Crippen LogP contribution in [0.15, 0.2) is 47.8 Å². The first-order chi connectivity index (χ1) is 18.2. The van der Waals surface area contributed by atoms with E-state index in [9.17, 15) is 40.0 Å². The largest absolute Gasteiger partial charge is 0.481 e. The number of nitrogens with zero attached hydrogens (tertiary/aromatic N) is 6. The van der Waals surface area contributed by atoms with Gasteiger partial charge < -0.3 is 4.74 Å². The minimum Gasteiger partial charge on any atom is -0.481 e. The molecule has 0 bridgehead atoms. The summed E-state index contributed by atoms with van der Waals surface area (Å²) >= 11 is 0. The van der Waals surface area contributed by atoms with Crippen LogP contribution >= 0.6 is 0 Å². The molecule has 0 fully saturated rings. The average Bonchev–Trinajstić information content (AvgIpc) is 3.21. The maximum atomic E-state index is 13.4. The van der Waals surface area contributed by atoms with Gasteiger partial charge in [0.05, 0.1) is 29.6 Å². The number of nitriles is 1. The lowest BCUT2D eigenvalue weighted by Crippen LogP contribution is -2.42. The fourth-order valence-electron chi connectivity index (χ4n) is 3.47. The Morgan fingerprint density at radius 2 is 1.79 bits per heavy atom. The van der Waals surface area contributed by atoms with Crippen molar-refractivity contribution in [1.82, 2.24) is 29.2 Å². The van der Waals surface area contributed by atoms with E-state index in [1.807, 2.05) is 6.07 Å². The van der Waals surface area contributed by atoms with Crippen molar-refractivity contribution in [3.63, 3.8) is 0 Å². The van der Waals surface area contributed by atoms with Crippen LogP contribution < -0.4 is 9.46 Å². The summed E-state index contributed by atoms with van der Waals surface area (Å²) in [6, 6.07) is 3.52. The molecule has 0 spiro atoms. The lowest BCUT2D eigenvalue weighted by molar-refractivity contribution is -0.147. The maximum absolute atomic E-state index is 13.4. The molecule has 10 nitrogen and oxygen atoms in total. The molecule has 39 heavy (non-hydrogen) atoms. The van der Waals surface area contributed by atoms with Crippen molar-refractivity contribution < 1.29 is 39.5 Å². The van der Waals surface area contributed by atoms with Crippen molar-refractivity contribution in [3.8, 4) is 29.3 Å². The van der Waals surface area contributed by atoms with E-state index in [-0.39, 0.29) is 39.8 Å². The van der Waals surface area contributed by atoms with Crippen molar-refractivity contribution in [2.75, 3.05) is 7.11 Å². The zero-order valence-electron chi connectivity index (χ0n) is 19.7. The molecule has 0 aliphatic carbocycles. The summed E-state index contributed by atoms with van der Waals surface area (Å²) < 4.78 is 111. The van der Waals surface area contributed by atoms with E-state index in [0.717, 1.165) is 22.9 Å². The third-order valence-corrected chi connectivity index (χ3v) is 6.91. The second-order valence-corrected chi connectivity index (χ2v) is 9.64. The van der Waals surface area contributed by atoms with E-state index in [0.29, 0.717) is 19.2 Å². The summed E-state index contributed by atoms with van der Waals surface area (Å²) in [5.41, 5.74) is -1.88. The fourth-order valence-corrected chi connectivity index (χ4v) is 4.65. The summed E-state index contributed by atoms with van der Waals surface area (Å²) in [7, 11) is -3.35. The molecule has 17 heteroatoms. The number of methoxy groups -OCH3 is 1. The molecule has 4 aromatic heterocycles. The van der Waals surface area contributed by atoms with Crippen molar-refractivity contribution in [2.45, 2.75) is 30.2 Å². The lowest BCUT2D eigenvalue weighted by atomic mass is 10.1. The van der Waals surface area contributed by atoms with E-state index >= 15 is 0 Å². The molecule has 0 saturated carbocycles. The van der Waals surface area contributed by atoms with Crippen molar-refractivity contribution in [3.05, 3.63) is 54.0 Å². The number of hydrogen-bond donors (Lipinski definition) is 1. The highest BCUT2D eigenvalue weighted by atomic mass is 32.2. The number of ether oxygens (including phenoxy) is 1. The second-order valence-electron chi connectivity index (χ2n) is 7.93. The lowest BCUT2D eigenvalue weighted by Gasteiger charge is -2.17. The maximum Gasteiger partial charge on any atom is 0.417 e. The molecular weight excluding hydrogens is 556 g/mol. The first kappa shape index (κ1) is 27.7. The first-order valence-corrected chi connectivity index (χ1v) is 12.1. The summed E-state index contributed by atoms with van der Waals surface area (Å²) in [5.74, 6) is -0.0974. The molecule has 1 atom stereocenters. The monoisotopic (exact) mass is 571 g/mol. The molecule has 0 aliphatic heterocycles. The quantitative estimate of drug-likeness (QED) is 0.343. The standard InChI is InChI=1S/C22H15F6N7O3S/c1-11(21(23,24)25)34-39(36,37)13-3-4-16(31-10-13)18-15(8-29)14-7-12(22(26,27)28)9-32-19(14)35(18)20-30-6-5-17(33-20)38-2/h3-7,9-11,34H,1-2H3/t11-/m1/s1. The average molecular weight is 571 g/mol. The zero-order chi connectivity index (χ0) is 28.8. The van der Waals surface area contributed by atoms with Gasteiger partial charge in [-0.25, -0.2) is 18.4 Å². The highest BCUT2D eigenvalue weighted by Crippen LogP contribution is 2.37. The van der Waals surface area contributed by atoms with E-state index in [1.165, 1.54) is 24.1 Å². The van der Waals surface area contributed by atoms with Crippen LogP contribution in [-0.4, -0.2) is 52.2 Å². The number of pyridine rings is 2. The van der Waals surface area contributed by atoms with Gasteiger partial charge in [-0.1, -0.05) is 0 Å². The molecule has 0 amide bonds. The van der Waals surface area contributed by atoms with Crippen LogP contribution in [0.4, 0.5) is 26.3 Å². The van der Waals surface area contributed by atoms with Crippen LogP contribution in [0.5, 0.6) is 5.88 Å². The number of rotatable bonds is 6. The number of hydrogen-bond acceptors (Lipinski definition) is 8. The van der Waals surface area contributed by atoms with Crippen LogP contribution in [0.25, 0.3) is 28.4 Å². The number of halogens is 6. The van der Waals surface area contributed by atoms with Gasteiger partial charge in [-0.3, -0.25) is 9.55 Å². The predicted octanol–water partition coefficient (Wildman–Crippen LogP) is 4.01. The van der Waals surface area contributed by atoms with Crippen LogP contribution in [0, 0.1) is 11.3 Å². The Balaban J connectivity index is 1.94. The molecular formula is C22H15F6N7O3S. The number of alkyl halides is 6. The summed E-state index contributed by atoms with van der Waals surface area (Å²) in [6.07, 6.45) is -7.05. The number of nitrogens with one attached hydrogen (secondary N) is 1. The summed E-state index contributed by atoms with van der Waals surface area (Å²) in [4.78, 5) is 15.5. The number of sulfonamides is 1. The van der Waals surface area contributed by atoms with Crippen molar-refractivity contribution in [1.29, 1.82) is 5.26 Å². The van der Waals surface area contributed by atoms with Gasteiger partial charge in [0.25, 0.3) is 0 Å². The predicted molar refractivity (Wildman–Crippen MR) is 122 cm³/mol. The third kappa shape index (κ3) is 5.33. The SMILES string of the molecule is COc1ccnc(-n2c(-c3ccc(S(=O)(=O)N[C@H](C)C(F)(F)F)cn3)c(C#N)c3cc(C(F)(F)F)cnc32)n1. The van der Waals surface area contributed by atoms with Gasteiger partial charge in [0.1, 0.15) is 22.7 Å². The minimum absolute atomic E-state index is 0.0671. The highest BCUT2D eigenvalue weighted by molar-refractivity contribution is 7.89. The Kier molecular flexibility index (Phi) is 6.95. The highest BCUT2D eigenvalue weighted by Gasteiger charge is 2.39. The van der Waals surface area contributed by atoms with Gasteiger partial charge in [0, 0.05) is 30.0 Å². The molecule has 4 rings (SSSR count). The van der Waals surface area contributed by atoms with Crippen LogP contribution in [0.3, 0.4) is 0 Å². The number of aromatic nitrogens is 5. The Labute approximate surface area is 216 Å². The van der Waals surface area contributed by atoms with E-state index in [2.05, 4.69) is 19.9 Å². The van der Waals surface area contributed by atoms with Gasteiger partial charge >= 0.3 is 12.4 Å². The molecule has 4 heterocycles. The smallest absolute Gasteiger partial charge is 0.417 e. The molecule has 4 aromatic rings. The number of fused-ring (bicyclic) bond motifs is 1. The molecule has 204 valence electrons. The van der Waals surface area contributed by atoms with Gasteiger partial charge in [-0.2, -0.15) is 41.3 Å². The molecule has 1 N–H and O–H groups in total. The molecule has 0 radical (unpaired) electrons. The van der Waals surface area contributed by atoms with Gasteiger partial charge in [0.15, 0.2) is 0 Å². The summed E-state index contributed by atoms with van der Waals surface area (Å²) in [6.45, 7) is 0.618. The Morgan fingerprint density at radius 3 is 2.36 bits per heavy atom. The van der Waals surface area contributed by atoms with E-state index in [4.69, 9.17) is 4.74 Å². The Hall–Kier alpha value is -4.30. The Morgan fingerprint density at radius 1 is 1.08 bits per heavy atom. The van der Waals surface area contributed by atoms with Gasteiger partial charge in [-0.15, -0.1) is 0 Å². The van der Waals surface area contributed by atoms with Crippen LogP contribution in [0.2, 0.25) is 0 Å². The topological polar surface area (TPSA) is 136 Å². The van der Waals surface area contributed by atoms with Crippen LogP contribution in [-0.2, 0) is 16.2 Å².